The molecular weight excluding hydrogens is 300 g/mol. The van der Waals surface area contributed by atoms with Crippen molar-refractivity contribution >= 4 is 23.1 Å². The predicted octanol–water partition coefficient (Wildman–Crippen LogP) is 2.38. The quantitative estimate of drug-likeness (QED) is 0.432. The third kappa shape index (κ3) is 6.73. The highest BCUT2D eigenvalue weighted by atomic mass is 14.8. The molecule has 0 saturated heterocycles. The molecule has 0 heterocycles. The summed E-state index contributed by atoms with van der Waals surface area (Å²) in [6.45, 7) is 8.60. The Kier molecular flexibility index (Phi) is 7.30. The highest BCUT2D eigenvalue weighted by Gasteiger charge is 2.08. The normalized spacial score (nSPS) is 12.5. The fourth-order valence-corrected chi connectivity index (χ4v) is 2.29. The van der Waals surface area contributed by atoms with Gasteiger partial charge < -0.3 is 11.5 Å². The van der Waals surface area contributed by atoms with Crippen molar-refractivity contribution in [1.29, 1.82) is 10.8 Å². The van der Waals surface area contributed by atoms with E-state index in [-0.39, 0.29) is 24.8 Å². The first-order chi connectivity index (χ1) is 11.2. The van der Waals surface area contributed by atoms with Crippen molar-refractivity contribution in [2.75, 3.05) is 13.1 Å². The molecule has 1 aromatic carbocycles. The predicted molar refractivity (Wildman–Crippen MR) is 103 cm³/mol. The molecule has 0 aromatic heterocycles. The minimum Gasteiger partial charge on any atom is -0.386 e. The van der Waals surface area contributed by atoms with Gasteiger partial charge in [0.1, 0.15) is 11.7 Å². The van der Waals surface area contributed by atoms with Crippen LogP contribution in [0.4, 0.5) is 0 Å². The van der Waals surface area contributed by atoms with Crippen LogP contribution in [0.2, 0.25) is 0 Å². The average Bonchev–Trinajstić information content (AvgIpc) is 2.49. The highest BCUT2D eigenvalue weighted by molar-refractivity contribution is 6.05. The molecule has 0 aliphatic carbocycles. The molecule has 24 heavy (non-hydrogen) atoms. The molecule has 0 aliphatic heterocycles. The van der Waals surface area contributed by atoms with Gasteiger partial charge in [0.05, 0.1) is 13.1 Å². The monoisotopic (exact) mass is 328 g/mol. The number of hydrogen-bond acceptors (Lipinski definition) is 4. The van der Waals surface area contributed by atoms with Crippen molar-refractivity contribution in [1.82, 2.24) is 0 Å². The van der Waals surface area contributed by atoms with Gasteiger partial charge in [-0.05, 0) is 61.1 Å². The van der Waals surface area contributed by atoms with Gasteiger partial charge in [-0.3, -0.25) is 20.8 Å². The Balaban J connectivity index is 3.26. The maximum atomic E-state index is 7.31. The third-order valence-corrected chi connectivity index (χ3v) is 3.45. The summed E-state index contributed by atoms with van der Waals surface area (Å²) in [7, 11) is 0. The fraction of sp³-hybridized carbons (Fsp3) is 0.444. The van der Waals surface area contributed by atoms with Crippen LogP contribution in [-0.4, -0.2) is 36.2 Å². The van der Waals surface area contributed by atoms with Crippen molar-refractivity contribution in [2.45, 2.75) is 34.1 Å². The zero-order chi connectivity index (χ0) is 18.3. The van der Waals surface area contributed by atoms with E-state index in [1.807, 2.05) is 19.9 Å². The second kappa shape index (κ2) is 8.96. The number of aliphatic imine (C=N–C) groups is 2. The maximum absolute atomic E-state index is 7.31. The van der Waals surface area contributed by atoms with Gasteiger partial charge in [-0.25, -0.2) is 0 Å². The van der Waals surface area contributed by atoms with E-state index >= 15 is 0 Å². The van der Waals surface area contributed by atoms with Gasteiger partial charge in [0, 0.05) is 11.4 Å². The van der Waals surface area contributed by atoms with Gasteiger partial charge in [0.25, 0.3) is 0 Å². The molecule has 0 aliphatic rings. The maximum Gasteiger partial charge on any atom is 0.113 e. The van der Waals surface area contributed by atoms with Crippen molar-refractivity contribution in [3.63, 3.8) is 0 Å². The van der Waals surface area contributed by atoms with Crippen LogP contribution < -0.4 is 11.5 Å². The van der Waals surface area contributed by atoms with Crippen molar-refractivity contribution in [2.24, 2.45) is 27.4 Å². The van der Waals surface area contributed by atoms with Crippen LogP contribution in [0.3, 0.4) is 0 Å². The van der Waals surface area contributed by atoms with Gasteiger partial charge in [-0.2, -0.15) is 0 Å². The Hall–Kier alpha value is -2.50. The summed E-state index contributed by atoms with van der Waals surface area (Å²) in [5.74, 6) is 0.635. The van der Waals surface area contributed by atoms with E-state index in [2.05, 4.69) is 36.0 Å². The molecule has 6 nitrogen and oxygen atoms in total. The summed E-state index contributed by atoms with van der Waals surface area (Å²) in [5, 5.41) is 14.6. The Morgan fingerprint density at radius 1 is 0.917 bits per heavy atom. The Morgan fingerprint density at radius 3 is 1.67 bits per heavy atom. The zero-order valence-corrected chi connectivity index (χ0v) is 15.0. The van der Waals surface area contributed by atoms with Crippen LogP contribution in [0.15, 0.2) is 28.2 Å². The molecule has 0 bridgehead atoms. The summed E-state index contributed by atoms with van der Waals surface area (Å²) in [4.78, 5) is 8.72. The molecular formula is C18H28N6. The Bertz CT molecular complexity index is 620. The van der Waals surface area contributed by atoms with Gasteiger partial charge >= 0.3 is 0 Å². The minimum absolute atomic E-state index is 0.0482. The highest BCUT2D eigenvalue weighted by Crippen LogP contribution is 2.16. The standard InChI is InChI=1S/C18H28N6/c1-11(2)5-14-6-15(12(3)23-9-17(19)20)8-16(7-14)13(4)24-10-18(21)22/h6-8,11H,5,9-10H2,1-4H3,(H3,19,20)(H3,21,22). The second-order valence-corrected chi connectivity index (χ2v) is 6.37. The lowest BCUT2D eigenvalue weighted by atomic mass is 9.95. The molecule has 1 rings (SSSR count). The van der Waals surface area contributed by atoms with Crippen LogP contribution in [0, 0.1) is 16.7 Å². The summed E-state index contributed by atoms with van der Waals surface area (Å²) in [6, 6.07) is 6.28. The number of hydrogen-bond donors (Lipinski definition) is 4. The molecule has 1 aromatic rings. The van der Waals surface area contributed by atoms with Crippen LogP contribution in [-0.2, 0) is 6.42 Å². The van der Waals surface area contributed by atoms with Gasteiger partial charge in [0.2, 0.25) is 0 Å². The molecule has 0 saturated carbocycles. The van der Waals surface area contributed by atoms with Gasteiger partial charge in [-0.15, -0.1) is 0 Å². The zero-order valence-electron chi connectivity index (χ0n) is 15.0. The van der Waals surface area contributed by atoms with Gasteiger partial charge in [0.15, 0.2) is 0 Å². The van der Waals surface area contributed by atoms with E-state index in [0.29, 0.717) is 5.92 Å². The molecule has 0 radical (unpaired) electrons. The molecule has 0 amide bonds. The summed E-state index contributed by atoms with van der Waals surface area (Å²) < 4.78 is 0. The Morgan fingerprint density at radius 2 is 1.33 bits per heavy atom. The van der Waals surface area contributed by atoms with E-state index in [1.54, 1.807) is 0 Å². The first-order valence-corrected chi connectivity index (χ1v) is 8.01. The fourth-order valence-electron chi connectivity index (χ4n) is 2.29. The van der Waals surface area contributed by atoms with Crippen molar-refractivity contribution < 1.29 is 0 Å². The van der Waals surface area contributed by atoms with E-state index in [1.165, 1.54) is 5.56 Å². The molecule has 6 heteroatoms. The number of amidine groups is 2. The average molecular weight is 328 g/mol. The van der Waals surface area contributed by atoms with E-state index in [9.17, 15) is 0 Å². The third-order valence-electron chi connectivity index (χ3n) is 3.45. The minimum atomic E-state index is 0.0482. The lowest BCUT2D eigenvalue weighted by molar-refractivity contribution is 0.647. The lowest BCUT2D eigenvalue weighted by Gasteiger charge is -2.12. The second-order valence-electron chi connectivity index (χ2n) is 6.37. The van der Waals surface area contributed by atoms with Crippen LogP contribution in [0.25, 0.3) is 0 Å². The molecule has 0 fully saturated rings. The number of nitrogens with zero attached hydrogens (tertiary/aromatic N) is 2. The topological polar surface area (TPSA) is 124 Å². The number of rotatable bonds is 8. The first kappa shape index (κ1) is 19.5. The largest absolute Gasteiger partial charge is 0.386 e. The van der Waals surface area contributed by atoms with E-state index < -0.39 is 0 Å². The van der Waals surface area contributed by atoms with E-state index in [4.69, 9.17) is 22.3 Å². The number of benzene rings is 1. The molecule has 0 unspecified atom stereocenters. The smallest absolute Gasteiger partial charge is 0.113 e. The first-order valence-electron chi connectivity index (χ1n) is 8.01. The summed E-state index contributed by atoms with van der Waals surface area (Å²) in [6.07, 6.45) is 0.959. The van der Waals surface area contributed by atoms with Crippen LogP contribution in [0.5, 0.6) is 0 Å². The molecule has 0 spiro atoms. The Labute approximate surface area is 144 Å². The van der Waals surface area contributed by atoms with Crippen LogP contribution >= 0.6 is 0 Å². The molecule has 0 atom stereocenters. The van der Waals surface area contributed by atoms with Crippen LogP contribution in [0.1, 0.15) is 44.4 Å². The molecule has 130 valence electrons. The molecule has 6 N–H and O–H groups in total. The van der Waals surface area contributed by atoms with Crippen molar-refractivity contribution in [3.8, 4) is 0 Å². The van der Waals surface area contributed by atoms with Crippen molar-refractivity contribution in [3.05, 3.63) is 34.9 Å². The SMILES string of the molecule is CC(=NCC(=N)N)c1cc(CC(C)C)cc(C(C)=NCC(=N)N)c1. The number of nitrogens with one attached hydrogen (secondary N) is 2. The summed E-state index contributed by atoms with van der Waals surface area (Å²) >= 11 is 0. The summed E-state index contributed by atoms with van der Waals surface area (Å²) in [5.41, 5.74) is 15.7. The van der Waals surface area contributed by atoms with Gasteiger partial charge in [-0.1, -0.05) is 13.8 Å². The number of nitrogens with two attached hydrogens (primary N) is 2. The lowest BCUT2D eigenvalue weighted by Crippen LogP contribution is -2.15. The van der Waals surface area contributed by atoms with E-state index in [0.717, 1.165) is 29.0 Å².